The van der Waals surface area contributed by atoms with Crippen molar-refractivity contribution in [2.24, 2.45) is 5.10 Å². The van der Waals surface area contributed by atoms with Gasteiger partial charge in [0.05, 0.1) is 18.3 Å². The van der Waals surface area contributed by atoms with Crippen LogP contribution in [0.2, 0.25) is 10.0 Å². The summed E-state index contributed by atoms with van der Waals surface area (Å²) < 4.78 is 12.7. The number of ether oxygens (including phenoxy) is 2. The molecule has 0 N–H and O–H groups in total. The SMILES string of the molecule is COc1cc(/C=N\n2cnnc2)cc(Cl)c1OCc1ccccc1Cl. The Morgan fingerprint density at radius 3 is 2.60 bits per heavy atom. The van der Waals surface area contributed by atoms with E-state index < -0.39 is 0 Å². The molecule has 0 unspecified atom stereocenters. The van der Waals surface area contributed by atoms with Crippen LogP contribution in [0.4, 0.5) is 0 Å². The molecule has 0 bridgehead atoms. The van der Waals surface area contributed by atoms with E-state index in [1.165, 1.54) is 17.3 Å². The van der Waals surface area contributed by atoms with Gasteiger partial charge in [-0.1, -0.05) is 41.4 Å². The second kappa shape index (κ2) is 8.00. The fraction of sp³-hybridized carbons (Fsp3) is 0.118. The molecule has 0 saturated heterocycles. The van der Waals surface area contributed by atoms with Crippen LogP contribution in [0.15, 0.2) is 54.2 Å². The van der Waals surface area contributed by atoms with Crippen molar-refractivity contribution in [1.29, 1.82) is 0 Å². The number of hydrogen-bond donors (Lipinski definition) is 0. The Kier molecular flexibility index (Phi) is 5.53. The Morgan fingerprint density at radius 1 is 1.12 bits per heavy atom. The summed E-state index contributed by atoms with van der Waals surface area (Å²) in [6, 6.07) is 11.0. The van der Waals surface area contributed by atoms with E-state index in [0.29, 0.717) is 21.5 Å². The molecular formula is C17H14Cl2N4O2. The van der Waals surface area contributed by atoms with Gasteiger partial charge in [-0.05, 0) is 23.8 Å². The maximum Gasteiger partial charge on any atom is 0.180 e. The lowest BCUT2D eigenvalue weighted by molar-refractivity contribution is 0.285. The molecule has 0 aliphatic rings. The lowest BCUT2D eigenvalue weighted by atomic mass is 10.2. The van der Waals surface area contributed by atoms with Gasteiger partial charge in [0, 0.05) is 10.6 Å². The average Bonchev–Trinajstić information content (AvgIpc) is 3.13. The van der Waals surface area contributed by atoms with Gasteiger partial charge in [-0.2, -0.15) is 5.10 Å². The zero-order valence-electron chi connectivity index (χ0n) is 13.3. The van der Waals surface area contributed by atoms with Crippen molar-refractivity contribution in [1.82, 2.24) is 14.9 Å². The van der Waals surface area contributed by atoms with E-state index in [9.17, 15) is 0 Å². The number of hydrogen-bond acceptors (Lipinski definition) is 5. The molecule has 0 fully saturated rings. The van der Waals surface area contributed by atoms with Crippen LogP contribution in [0.1, 0.15) is 11.1 Å². The number of aromatic nitrogens is 3. The van der Waals surface area contributed by atoms with E-state index in [4.69, 9.17) is 32.7 Å². The van der Waals surface area contributed by atoms with Crippen LogP contribution >= 0.6 is 23.2 Å². The summed E-state index contributed by atoms with van der Waals surface area (Å²) in [6.45, 7) is 0.282. The number of halogens is 2. The van der Waals surface area contributed by atoms with Crippen LogP contribution < -0.4 is 9.47 Å². The first-order valence-corrected chi connectivity index (χ1v) is 8.05. The molecule has 6 nitrogen and oxygen atoms in total. The van der Waals surface area contributed by atoms with Gasteiger partial charge in [-0.15, -0.1) is 10.2 Å². The minimum Gasteiger partial charge on any atom is -0.493 e. The highest BCUT2D eigenvalue weighted by Crippen LogP contribution is 2.37. The molecule has 0 radical (unpaired) electrons. The van der Waals surface area contributed by atoms with Crippen LogP contribution in [0.25, 0.3) is 0 Å². The minimum absolute atomic E-state index is 0.282. The van der Waals surface area contributed by atoms with E-state index in [1.54, 1.807) is 25.5 Å². The molecule has 1 heterocycles. The molecule has 2 aromatic carbocycles. The molecular weight excluding hydrogens is 363 g/mol. The standard InChI is InChI=1S/C17H14Cl2N4O2/c1-24-16-7-12(8-22-23-10-20-21-11-23)6-15(19)17(16)25-9-13-4-2-3-5-14(13)18/h2-8,10-11H,9H2,1H3/b22-8-. The van der Waals surface area contributed by atoms with E-state index in [1.807, 2.05) is 24.3 Å². The van der Waals surface area contributed by atoms with Crippen molar-refractivity contribution >= 4 is 29.4 Å². The molecule has 1 aromatic heterocycles. The summed E-state index contributed by atoms with van der Waals surface area (Å²) in [5.41, 5.74) is 1.61. The maximum absolute atomic E-state index is 6.35. The lowest BCUT2D eigenvalue weighted by Crippen LogP contribution is -2.00. The van der Waals surface area contributed by atoms with E-state index in [-0.39, 0.29) is 6.61 Å². The second-order valence-corrected chi connectivity index (χ2v) is 5.82. The molecule has 0 aliphatic heterocycles. The van der Waals surface area contributed by atoms with Crippen molar-refractivity contribution in [3.05, 3.63) is 70.2 Å². The predicted octanol–water partition coefficient (Wildman–Crippen LogP) is 4.05. The molecule has 3 rings (SSSR count). The third kappa shape index (κ3) is 4.29. The quantitative estimate of drug-likeness (QED) is 0.608. The normalized spacial score (nSPS) is 11.0. The molecule has 8 heteroatoms. The van der Waals surface area contributed by atoms with Gasteiger partial charge < -0.3 is 9.47 Å². The summed E-state index contributed by atoms with van der Waals surface area (Å²) >= 11 is 12.5. The molecule has 128 valence electrons. The minimum atomic E-state index is 0.282. The van der Waals surface area contributed by atoms with Gasteiger partial charge in [-0.3, -0.25) is 0 Å². The van der Waals surface area contributed by atoms with Crippen LogP contribution in [0, 0.1) is 0 Å². The zero-order valence-corrected chi connectivity index (χ0v) is 14.8. The van der Waals surface area contributed by atoms with Gasteiger partial charge in [0.15, 0.2) is 11.5 Å². The Bertz CT molecular complexity index is 882. The van der Waals surface area contributed by atoms with Crippen LogP contribution in [0.3, 0.4) is 0 Å². The topological polar surface area (TPSA) is 61.5 Å². The van der Waals surface area contributed by atoms with Crippen LogP contribution in [0.5, 0.6) is 11.5 Å². The number of benzene rings is 2. The van der Waals surface area contributed by atoms with Crippen molar-refractivity contribution in [3.63, 3.8) is 0 Å². The highest BCUT2D eigenvalue weighted by atomic mass is 35.5. The molecule has 0 amide bonds. The third-order valence-electron chi connectivity index (χ3n) is 3.33. The van der Waals surface area contributed by atoms with Gasteiger partial charge in [0.1, 0.15) is 19.3 Å². The summed E-state index contributed by atoms with van der Waals surface area (Å²) in [6.07, 6.45) is 4.59. The molecule has 0 saturated carbocycles. The first kappa shape index (κ1) is 17.3. The summed E-state index contributed by atoms with van der Waals surface area (Å²) in [7, 11) is 1.55. The Balaban J connectivity index is 1.81. The monoisotopic (exact) mass is 376 g/mol. The van der Waals surface area contributed by atoms with Crippen molar-refractivity contribution in [2.75, 3.05) is 7.11 Å². The number of methoxy groups -OCH3 is 1. The summed E-state index contributed by atoms with van der Waals surface area (Å²) in [4.78, 5) is 0. The molecule has 0 spiro atoms. The fourth-order valence-corrected chi connectivity index (χ4v) is 2.57. The van der Waals surface area contributed by atoms with Crippen LogP contribution in [-0.4, -0.2) is 28.2 Å². The van der Waals surface area contributed by atoms with Gasteiger partial charge in [0.2, 0.25) is 0 Å². The van der Waals surface area contributed by atoms with E-state index in [0.717, 1.165) is 11.1 Å². The van der Waals surface area contributed by atoms with Gasteiger partial charge in [0.25, 0.3) is 0 Å². The molecule has 0 aliphatic carbocycles. The highest BCUT2D eigenvalue weighted by molar-refractivity contribution is 6.32. The first-order valence-electron chi connectivity index (χ1n) is 7.30. The Morgan fingerprint density at radius 2 is 1.88 bits per heavy atom. The summed E-state index contributed by atoms with van der Waals surface area (Å²) in [5, 5.41) is 12.6. The fourth-order valence-electron chi connectivity index (χ4n) is 2.11. The summed E-state index contributed by atoms with van der Waals surface area (Å²) in [5.74, 6) is 0.954. The van der Waals surface area contributed by atoms with Gasteiger partial charge >= 0.3 is 0 Å². The van der Waals surface area contributed by atoms with Gasteiger partial charge in [-0.25, -0.2) is 4.68 Å². The third-order valence-corrected chi connectivity index (χ3v) is 3.98. The van der Waals surface area contributed by atoms with Crippen molar-refractivity contribution < 1.29 is 9.47 Å². The van der Waals surface area contributed by atoms with Crippen molar-refractivity contribution in [2.45, 2.75) is 6.61 Å². The largest absolute Gasteiger partial charge is 0.493 e. The smallest absolute Gasteiger partial charge is 0.180 e. The first-order chi connectivity index (χ1) is 12.2. The molecule has 3 aromatic rings. The zero-order chi connectivity index (χ0) is 17.6. The van der Waals surface area contributed by atoms with E-state index in [2.05, 4.69) is 15.3 Å². The van der Waals surface area contributed by atoms with Crippen LogP contribution in [-0.2, 0) is 6.61 Å². The molecule has 0 atom stereocenters. The number of nitrogens with zero attached hydrogens (tertiary/aromatic N) is 4. The number of rotatable bonds is 6. The predicted molar refractivity (Wildman–Crippen MR) is 96.8 cm³/mol. The van der Waals surface area contributed by atoms with E-state index >= 15 is 0 Å². The second-order valence-electron chi connectivity index (χ2n) is 5.00. The highest BCUT2D eigenvalue weighted by Gasteiger charge is 2.12. The van der Waals surface area contributed by atoms with Crippen molar-refractivity contribution in [3.8, 4) is 11.5 Å². The molecule has 25 heavy (non-hydrogen) atoms. The lowest BCUT2D eigenvalue weighted by Gasteiger charge is -2.14. The Labute approximate surface area is 154 Å². The Hall–Kier alpha value is -2.57. The average molecular weight is 377 g/mol. The maximum atomic E-state index is 6.35.